The zero-order valence-corrected chi connectivity index (χ0v) is 8.65. The Hall–Kier alpha value is -1.45. The van der Waals surface area contributed by atoms with Crippen LogP contribution in [0.25, 0.3) is 0 Å². The molecule has 4 heteroatoms. The first-order valence-electron chi connectivity index (χ1n) is 4.68. The Morgan fingerprint density at radius 3 is 2.27 bits per heavy atom. The molecule has 0 aliphatic rings. The molecule has 0 radical (unpaired) electrons. The molecule has 0 saturated heterocycles. The highest BCUT2D eigenvalue weighted by Crippen LogP contribution is 2.14. The SMILES string of the molecule is CC(C)C(=Nc1ccccc1)OC(F)F. The number of rotatable bonds is 3. The van der Waals surface area contributed by atoms with Crippen LogP contribution in [0.15, 0.2) is 35.3 Å². The molecule has 0 unspecified atom stereocenters. The average molecular weight is 213 g/mol. The molecular weight excluding hydrogens is 200 g/mol. The lowest BCUT2D eigenvalue weighted by Gasteiger charge is -2.10. The summed E-state index contributed by atoms with van der Waals surface area (Å²) in [6.07, 6.45) is 0. The number of halogens is 2. The van der Waals surface area contributed by atoms with E-state index in [1.54, 1.807) is 38.1 Å². The fraction of sp³-hybridized carbons (Fsp3) is 0.364. The standard InChI is InChI=1S/C11H13F2NO/c1-8(2)10(15-11(12)13)14-9-6-4-3-5-7-9/h3-8,11H,1-2H3. The summed E-state index contributed by atoms with van der Waals surface area (Å²) in [6, 6.07) is 8.88. The van der Waals surface area contributed by atoms with Gasteiger partial charge in [0.2, 0.25) is 0 Å². The molecule has 1 aromatic rings. The maximum Gasteiger partial charge on any atom is 0.388 e. The van der Waals surface area contributed by atoms with Crippen LogP contribution in [0.4, 0.5) is 14.5 Å². The van der Waals surface area contributed by atoms with Gasteiger partial charge in [-0.2, -0.15) is 8.78 Å². The van der Waals surface area contributed by atoms with Gasteiger partial charge in [-0.15, -0.1) is 0 Å². The molecule has 0 aliphatic heterocycles. The van der Waals surface area contributed by atoms with Crippen molar-refractivity contribution in [1.82, 2.24) is 0 Å². The minimum atomic E-state index is -2.82. The van der Waals surface area contributed by atoms with Crippen LogP contribution >= 0.6 is 0 Å². The number of alkyl halides is 2. The molecule has 0 saturated carbocycles. The monoisotopic (exact) mass is 213 g/mol. The molecule has 0 heterocycles. The van der Waals surface area contributed by atoms with Crippen molar-refractivity contribution in [2.75, 3.05) is 0 Å². The van der Waals surface area contributed by atoms with E-state index >= 15 is 0 Å². The summed E-state index contributed by atoms with van der Waals surface area (Å²) in [5.74, 6) is -0.115. The van der Waals surface area contributed by atoms with Gasteiger partial charge in [0.1, 0.15) is 0 Å². The zero-order chi connectivity index (χ0) is 11.3. The van der Waals surface area contributed by atoms with Gasteiger partial charge in [-0.25, -0.2) is 4.99 Å². The molecule has 0 aliphatic carbocycles. The van der Waals surface area contributed by atoms with Gasteiger partial charge in [-0.05, 0) is 12.1 Å². The second-order valence-electron chi connectivity index (χ2n) is 3.32. The number of benzene rings is 1. The van der Waals surface area contributed by atoms with Crippen LogP contribution in [-0.2, 0) is 4.74 Å². The summed E-state index contributed by atoms with van der Waals surface area (Å²) in [4.78, 5) is 4.01. The summed E-state index contributed by atoms with van der Waals surface area (Å²) < 4.78 is 28.4. The summed E-state index contributed by atoms with van der Waals surface area (Å²) in [7, 11) is 0. The van der Waals surface area contributed by atoms with Crippen LogP contribution in [0.2, 0.25) is 0 Å². The number of para-hydroxylation sites is 1. The Morgan fingerprint density at radius 1 is 1.20 bits per heavy atom. The van der Waals surface area contributed by atoms with E-state index in [1.165, 1.54) is 0 Å². The minimum Gasteiger partial charge on any atom is -0.421 e. The molecule has 2 nitrogen and oxygen atoms in total. The number of hydrogen-bond donors (Lipinski definition) is 0. The molecule has 0 fully saturated rings. The second-order valence-corrected chi connectivity index (χ2v) is 3.32. The van der Waals surface area contributed by atoms with Crippen LogP contribution < -0.4 is 0 Å². The minimum absolute atomic E-state index is 0.0520. The van der Waals surface area contributed by atoms with Crippen molar-refractivity contribution < 1.29 is 13.5 Å². The van der Waals surface area contributed by atoms with E-state index < -0.39 is 6.61 Å². The highest BCUT2D eigenvalue weighted by atomic mass is 19.3. The predicted octanol–water partition coefficient (Wildman–Crippen LogP) is 3.61. The van der Waals surface area contributed by atoms with Gasteiger partial charge in [0.05, 0.1) is 5.69 Å². The maximum absolute atomic E-state index is 12.0. The van der Waals surface area contributed by atoms with Crippen LogP contribution in [0.1, 0.15) is 13.8 Å². The van der Waals surface area contributed by atoms with E-state index in [-0.39, 0.29) is 11.8 Å². The molecule has 1 rings (SSSR count). The molecule has 0 amide bonds. The van der Waals surface area contributed by atoms with Gasteiger partial charge in [0.25, 0.3) is 0 Å². The lowest BCUT2D eigenvalue weighted by molar-refractivity contribution is -0.0639. The van der Waals surface area contributed by atoms with Gasteiger partial charge in [0.15, 0.2) is 5.90 Å². The van der Waals surface area contributed by atoms with Gasteiger partial charge in [-0.1, -0.05) is 32.0 Å². The van der Waals surface area contributed by atoms with Crippen molar-refractivity contribution >= 4 is 11.6 Å². The highest BCUT2D eigenvalue weighted by Gasteiger charge is 2.12. The predicted molar refractivity (Wildman–Crippen MR) is 55.5 cm³/mol. The summed E-state index contributed by atoms with van der Waals surface area (Å²) in [5.41, 5.74) is 0.613. The van der Waals surface area contributed by atoms with E-state index in [0.29, 0.717) is 5.69 Å². The number of aliphatic imine (C=N–C) groups is 1. The summed E-state index contributed by atoms with van der Waals surface area (Å²) in [6.45, 7) is 0.684. The molecule has 82 valence electrons. The van der Waals surface area contributed by atoms with Crippen LogP contribution in [-0.4, -0.2) is 12.5 Å². The van der Waals surface area contributed by atoms with Crippen LogP contribution in [0.3, 0.4) is 0 Å². The van der Waals surface area contributed by atoms with Gasteiger partial charge < -0.3 is 4.74 Å². The highest BCUT2D eigenvalue weighted by molar-refractivity contribution is 5.81. The first-order valence-corrected chi connectivity index (χ1v) is 4.68. The smallest absolute Gasteiger partial charge is 0.388 e. The topological polar surface area (TPSA) is 21.6 Å². The Balaban J connectivity index is 2.84. The van der Waals surface area contributed by atoms with E-state index in [1.807, 2.05) is 6.07 Å². The third-order valence-corrected chi connectivity index (χ3v) is 1.70. The zero-order valence-electron chi connectivity index (χ0n) is 8.65. The lowest BCUT2D eigenvalue weighted by atomic mass is 10.2. The van der Waals surface area contributed by atoms with Crippen molar-refractivity contribution in [2.45, 2.75) is 20.5 Å². The Morgan fingerprint density at radius 2 is 1.80 bits per heavy atom. The second kappa shape index (κ2) is 5.44. The molecule has 15 heavy (non-hydrogen) atoms. The molecule has 0 aromatic heterocycles. The molecule has 0 atom stereocenters. The molecular formula is C11H13F2NO. The van der Waals surface area contributed by atoms with E-state index in [0.717, 1.165) is 0 Å². The first kappa shape index (κ1) is 11.6. The third kappa shape index (κ3) is 4.06. The molecule has 0 spiro atoms. The molecule has 0 N–H and O–H groups in total. The number of hydrogen-bond acceptors (Lipinski definition) is 2. The van der Waals surface area contributed by atoms with Crippen LogP contribution in [0.5, 0.6) is 0 Å². The molecule has 0 bridgehead atoms. The van der Waals surface area contributed by atoms with E-state index in [2.05, 4.69) is 9.73 Å². The normalized spacial score (nSPS) is 12.3. The Kier molecular flexibility index (Phi) is 4.21. The lowest BCUT2D eigenvalue weighted by Crippen LogP contribution is -2.15. The number of nitrogens with zero attached hydrogens (tertiary/aromatic N) is 1. The number of ether oxygens (including phenoxy) is 1. The van der Waals surface area contributed by atoms with Gasteiger partial charge >= 0.3 is 6.61 Å². The largest absolute Gasteiger partial charge is 0.421 e. The molecule has 1 aromatic carbocycles. The fourth-order valence-electron chi connectivity index (χ4n) is 1.01. The maximum atomic E-state index is 12.0. The summed E-state index contributed by atoms with van der Waals surface area (Å²) >= 11 is 0. The van der Waals surface area contributed by atoms with Crippen molar-refractivity contribution in [2.24, 2.45) is 10.9 Å². The van der Waals surface area contributed by atoms with E-state index in [9.17, 15) is 8.78 Å². The summed E-state index contributed by atoms with van der Waals surface area (Å²) in [5, 5.41) is 0. The Bertz CT molecular complexity index is 323. The van der Waals surface area contributed by atoms with Crippen molar-refractivity contribution in [3.63, 3.8) is 0 Å². The van der Waals surface area contributed by atoms with Gasteiger partial charge in [0, 0.05) is 5.92 Å². The Labute approximate surface area is 87.6 Å². The van der Waals surface area contributed by atoms with E-state index in [4.69, 9.17) is 0 Å². The van der Waals surface area contributed by atoms with Crippen molar-refractivity contribution in [1.29, 1.82) is 0 Å². The van der Waals surface area contributed by atoms with Crippen molar-refractivity contribution in [3.05, 3.63) is 30.3 Å². The fourth-order valence-corrected chi connectivity index (χ4v) is 1.01. The van der Waals surface area contributed by atoms with Crippen molar-refractivity contribution in [3.8, 4) is 0 Å². The average Bonchev–Trinajstić information content (AvgIpc) is 2.17. The first-order chi connectivity index (χ1) is 7.09. The van der Waals surface area contributed by atoms with Gasteiger partial charge in [-0.3, -0.25) is 0 Å². The quantitative estimate of drug-likeness (QED) is 0.555. The third-order valence-electron chi connectivity index (χ3n) is 1.70. The van der Waals surface area contributed by atoms with Crippen LogP contribution in [0, 0.1) is 5.92 Å².